The molecule has 0 radical (unpaired) electrons. The molecule has 2 aliphatic heterocycles. The van der Waals surface area contributed by atoms with Crippen LogP contribution in [0.15, 0.2) is 18.5 Å². The zero-order valence-electron chi connectivity index (χ0n) is 17.0. The number of ether oxygens (including phenoxy) is 1. The summed E-state index contributed by atoms with van der Waals surface area (Å²) in [7, 11) is 0. The first-order valence-electron chi connectivity index (χ1n) is 10.6. The number of pyridine rings is 1. The van der Waals surface area contributed by atoms with Crippen LogP contribution in [0.1, 0.15) is 60.1 Å². The Morgan fingerprint density at radius 2 is 2.03 bits per heavy atom. The predicted octanol–water partition coefficient (Wildman–Crippen LogP) is 2.27. The van der Waals surface area contributed by atoms with Crippen molar-refractivity contribution in [3.8, 4) is 0 Å². The van der Waals surface area contributed by atoms with E-state index in [0.717, 1.165) is 55.4 Å². The summed E-state index contributed by atoms with van der Waals surface area (Å²) in [6.07, 6.45) is 7.11. The molecule has 5 rings (SSSR count). The molecule has 2 aromatic heterocycles. The summed E-state index contributed by atoms with van der Waals surface area (Å²) in [5.41, 5.74) is 1.29. The van der Waals surface area contributed by atoms with E-state index in [9.17, 15) is 10.0 Å². The van der Waals surface area contributed by atoms with E-state index in [4.69, 9.17) is 4.74 Å². The highest BCUT2D eigenvalue weighted by Crippen LogP contribution is 2.42. The zero-order chi connectivity index (χ0) is 20.7. The van der Waals surface area contributed by atoms with Crippen LogP contribution in [-0.4, -0.2) is 35.1 Å². The lowest BCUT2D eigenvalue weighted by Gasteiger charge is -2.34. The minimum Gasteiger partial charge on any atom is -0.710 e. The number of amides is 1. The normalized spacial score (nSPS) is 22.0. The highest BCUT2D eigenvalue weighted by molar-refractivity contribution is 6.00. The Labute approximate surface area is 174 Å². The van der Waals surface area contributed by atoms with Gasteiger partial charge < -0.3 is 20.6 Å². The molecule has 0 unspecified atom stereocenters. The van der Waals surface area contributed by atoms with Crippen molar-refractivity contribution in [1.29, 1.82) is 0 Å². The largest absolute Gasteiger partial charge is 0.710 e. The van der Waals surface area contributed by atoms with E-state index in [-0.39, 0.29) is 11.9 Å². The van der Waals surface area contributed by atoms with Gasteiger partial charge in [0.1, 0.15) is 23.4 Å². The molecular formula is C21H26N6O3. The number of fused-ring (bicyclic) bond motifs is 2. The Morgan fingerprint density at radius 1 is 1.23 bits per heavy atom. The fourth-order valence-corrected chi connectivity index (χ4v) is 4.90. The molecule has 9 heteroatoms. The Kier molecular flexibility index (Phi) is 4.69. The average molecular weight is 410 g/mol. The minimum absolute atomic E-state index is 0.146. The summed E-state index contributed by atoms with van der Waals surface area (Å²) in [5.74, 6) is 1.42. The second-order valence-corrected chi connectivity index (χ2v) is 8.45. The van der Waals surface area contributed by atoms with Gasteiger partial charge in [-0.05, 0) is 31.7 Å². The van der Waals surface area contributed by atoms with Crippen molar-refractivity contribution < 1.29 is 14.3 Å². The predicted molar refractivity (Wildman–Crippen MR) is 111 cm³/mol. The number of nitrogens with one attached hydrogen (secondary N) is 3. The van der Waals surface area contributed by atoms with Crippen molar-refractivity contribution in [2.45, 2.75) is 57.0 Å². The quantitative estimate of drug-likeness (QED) is 0.523. The van der Waals surface area contributed by atoms with E-state index < -0.39 is 5.54 Å². The number of nitrogens with zero attached hydrogens (tertiary/aromatic N) is 3. The van der Waals surface area contributed by atoms with Crippen LogP contribution in [0.3, 0.4) is 0 Å². The molecule has 30 heavy (non-hydrogen) atoms. The van der Waals surface area contributed by atoms with Gasteiger partial charge in [-0.25, -0.2) is 15.0 Å². The number of carbonyl (C=O) groups excluding carboxylic acids is 1. The number of rotatable bonds is 4. The van der Waals surface area contributed by atoms with Gasteiger partial charge in [-0.15, -0.1) is 0 Å². The molecule has 3 aliphatic rings. The summed E-state index contributed by atoms with van der Waals surface area (Å²) in [5, 5.41) is 23.0. The van der Waals surface area contributed by atoms with Crippen molar-refractivity contribution in [2.24, 2.45) is 0 Å². The first kappa shape index (κ1) is 19.0. The van der Waals surface area contributed by atoms with Gasteiger partial charge >= 0.3 is 0 Å². The van der Waals surface area contributed by atoms with E-state index in [1.54, 1.807) is 12.1 Å². The molecule has 0 aromatic carbocycles. The van der Waals surface area contributed by atoms with Crippen molar-refractivity contribution in [3.63, 3.8) is 0 Å². The van der Waals surface area contributed by atoms with Crippen molar-refractivity contribution >= 4 is 23.4 Å². The van der Waals surface area contributed by atoms with Crippen molar-refractivity contribution in [3.05, 3.63) is 40.5 Å². The Balaban J connectivity index is 1.47. The van der Waals surface area contributed by atoms with Gasteiger partial charge in [0, 0.05) is 18.7 Å². The van der Waals surface area contributed by atoms with Gasteiger partial charge in [0.25, 0.3) is 11.7 Å². The summed E-state index contributed by atoms with van der Waals surface area (Å²) in [4.78, 5) is 21.2. The van der Waals surface area contributed by atoms with Crippen LogP contribution in [0.25, 0.3) is 0 Å². The van der Waals surface area contributed by atoms with Gasteiger partial charge in [0.05, 0.1) is 18.2 Å². The van der Waals surface area contributed by atoms with E-state index in [0.29, 0.717) is 35.3 Å². The molecule has 0 bridgehead atoms. The number of aromatic nitrogens is 3. The molecule has 3 N–H and O–H groups in total. The molecule has 9 nitrogen and oxygen atoms in total. The van der Waals surface area contributed by atoms with Crippen LogP contribution in [0, 0.1) is 12.1 Å². The Morgan fingerprint density at radius 3 is 2.80 bits per heavy atom. The molecule has 1 saturated heterocycles. The second-order valence-electron chi connectivity index (χ2n) is 8.45. The lowest BCUT2D eigenvalue weighted by atomic mass is 9.79. The van der Waals surface area contributed by atoms with Gasteiger partial charge in [-0.2, -0.15) is 4.98 Å². The SMILES string of the molecule is Cc1cc(Nc2cc(N[C@@H]3CCOC3)ncn2)[n+]([O-])c2c1C(=O)NC21CCCCC1. The van der Waals surface area contributed by atoms with Gasteiger partial charge in [-0.3, -0.25) is 4.79 Å². The zero-order valence-corrected chi connectivity index (χ0v) is 17.0. The summed E-state index contributed by atoms with van der Waals surface area (Å²) >= 11 is 0. The third-order valence-electron chi connectivity index (χ3n) is 6.35. The first-order chi connectivity index (χ1) is 14.6. The number of hydrogen-bond acceptors (Lipinski definition) is 7. The van der Waals surface area contributed by atoms with Crippen LogP contribution >= 0.6 is 0 Å². The van der Waals surface area contributed by atoms with Crippen molar-refractivity contribution in [1.82, 2.24) is 15.3 Å². The lowest BCUT2D eigenvalue weighted by Crippen LogP contribution is -2.49. The third-order valence-corrected chi connectivity index (χ3v) is 6.35. The van der Waals surface area contributed by atoms with E-state index >= 15 is 0 Å². The maximum Gasteiger partial charge on any atom is 0.284 e. The maximum absolute atomic E-state index is 13.4. The summed E-state index contributed by atoms with van der Waals surface area (Å²) in [6.45, 7) is 3.27. The number of anilines is 3. The topological polar surface area (TPSA) is 115 Å². The fourth-order valence-electron chi connectivity index (χ4n) is 4.90. The molecular weight excluding hydrogens is 384 g/mol. The van der Waals surface area contributed by atoms with Gasteiger partial charge in [0.2, 0.25) is 5.82 Å². The lowest BCUT2D eigenvalue weighted by molar-refractivity contribution is -0.603. The maximum atomic E-state index is 13.4. The molecule has 1 spiro atoms. The first-order valence-corrected chi connectivity index (χ1v) is 10.6. The summed E-state index contributed by atoms with van der Waals surface area (Å²) in [6, 6.07) is 3.72. The Hall–Kier alpha value is -2.94. The summed E-state index contributed by atoms with van der Waals surface area (Å²) < 4.78 is 6.27. The van der Waals surface area contributed by atoms with Crippen LogP contribution in [0.4, 0.5) is 17.5 Å². The molecule has 1 aliphatic carbocycles. The fraction of sp³-hybridized carbons (Fsp3) is 0.524. The number of aryl methyl sites for hydroxylation is 1. The Bertz CT molecular complexity index is 983. The van der Waals surface area contributed by atoms with Crippen LogP contribution in [-0.2, 0) is 10.3 Å². The molecule has 158 valence electrons. The van der Waals surface area contributed by atoms with Crippen molar-refractivity contribution in [2.75, 3.05) is 23.8 Å². The van der Waals surface area contributed by atoms with Gasteiger partial charge in [0.15, 0.2) is 0 Å². The van der Waals surface area contributed by atoms with Crippen LogP contribution in [0.2, 0.25) is 0 Å². The van der Waals surface area contributed by atoms with Crippen LogP contribution < -0.4 is 20.7 Å². The minimum atomic E-state index is -0.560. The van der Waals surface area contributed by atoms with Gasteiger partial charge in [-0.1, -0.05) is 19.3 Å². The molecule has 1 saturated carbocycles. The molecule has 2 fully saturated rings. The second kappa shape index (κ2) is 7.39. The highest BCUT2D eigenvalue weighted by Gasteiger charge is 2.48. The monoisotopic (exact) mass is 410 g/mol. The van der Waals surface area contributed by atoms with E-state index in [1.807, 2.05) is 6.92 Å². The molecule has 4 heterocycles. The smallest absolute Gasteiger partial charge is 0.284 e. The van der Waals surface area contributed by atoms with E-state index in [1.165, 1.54) is 6.33 Å². The number of carbonyl (C=O) groups is 1. The highest BCUT2D eigenvalue weighted by atomic mass is 16.5. The third kappa shape index (κ3) is 3.23. The van der Waals surface area contributed by atoms with E-state index in [2.05, 4.69) is 25.9 Å². The standard InChI is InChI=1S/C21H26N6O3/c1-13-9-17(25-16-10-15(22-12-23-16)24-14-5-8-30-11-14)27(29)19-18(13)20(28)26-21(19)6-3-2-4-7-21/h9-10,12,14H,2-8,11H2,1H3,(H,26,28)(H2,22,23,24,25)/t14-/m1/s1. The molecule has 1 amide bonds. The average Bonchev–Trinajstić information content (AvgIpc) is 3.33. The molecule has 2 aromatic rings. The van der Waals surface area contributed by atoms with Crippen LogP contribution in [0.5, 0.6) is 0 Å². The number of hydrogen-bond donors (Lipinski definition) is 3. The molecule has 1 atom stereocenters.